The molecule has 0 atom stereocenters. The highest BCUT2D eigenvalue weighted by atomic mass is 16.1. The molecule has 0 saturated heterocycles. The molecule has 0 radical (unpaired) electrons. The Balaban J connectivity index is 2.05. The Morgan fingerprint density at radius 3 is 2.90 bits per heavy atom. The molecule has 0 bridgehead atoms. The second-order valence-electron chi connectivity index (χ2n) is 5.36. The number of carbonyl (C=O) groups is 1. The highest BCUT2D eigenvalue weighted by molar-refractivity contribution is 5.96. The molecule has 2 rings (SSSR count). The number of carbonyl (C=O) groups excluding carboxylic acids is 1. The largest absolute Gasteiger partial charge is 0.349 e. The van der Waals surface area contributed by atoms with Gasteiger partial charge in [-0.1, -0.05) is 18.8 Å². The van der Waals surface area contributed by atoms with Gasteiger partial charge in [-0.15, -0.1) is 0 Å². The van der Waals surface area contributed by atoms with Crippen LogP contribution in [0.4, 0.5) is 0 Å². The van der Waals surface area contributed by atoms with Crippen LogP contribution in [0.25, 0.3) is 0 Å². The van der Waals surface area contributed by atoms with Crippen molar-refractivity contribution in [3.63, 3.8) is 0 Å². The van der Waals surface area contributed by atoms with Crippen molar-refractivity contribution < 1.29 is 4.79 Å². The van der Waals surface area contributed by atoms with Gasteiger partial charge in [0.25, 0.3) is 5.91 Å². The molecule has 0 unspecified atom stereocenters. The fourth-order valence-electron chi connectivity index (χ4n) is 2.51. The summed E-state index contributed by atoms with van der Waals surface area (Å²) in [6.45, 7) is 2.54. The first-order valence-electron chi connectivity index (χ1n) is 7.14. The quantitative estimate of drug-likeness (QED) is 0.804. The number of hydrogen-bond acceptors (Lipinski definition) is 3. The summed E-state index contributed by atoms with van der Waals surface area (Å²) >= 11 is 0. The topological polar surface area (TPSA) is 68.0 Å². The third-order valence-electron chi connectivity index (χ3n) is 3.74. The summed E-state index contributed by atoms with van der Waals surface area (Å²) in [5.41, 5.74) is 6.59. The van der Waals surface area contributed by atoms with E-state index in [1.807, 2.05) is 0 Å². The van der Waals surface area contributed by atoms with Crippen LogP contribution in [0.3, 0.4) is 0 Å². The Hall–Kier alpha value is -1.86. The minimum atomic E-state index is -0.0618. The number of nitrogens with one attached hydrogen (secondary N) is 1. The Bertz CT molecular complexity index is 522. The lowest BCUT2D eigenvalue weighted by Gasteiger charge is -2.27. The minimum absolute atomic E-state index is 0.0618. The zero-order valence-corrected chi connectivity index (χ0v) is 11.9. The van der Waals surface area contributed by atoms with Crippen molar-refractivity contribution in [2.75, 3.05) is 6.54 Å². The van der Waals surface area contributed by atoms with Crippen molar-refractivity contribution in [2.24, 2.45) is 11.7 Å². The molecule has 20 heavy (non-hydrogen) atoms. The lowest BCUT2D eigenvalue weighted by Crippen LogP contribution is -2.37. The second-order valence-corrected chi connectivity index (χ2v) is 5.36. The summed E-state index contributed by atoms with van der Waals surface area (Å²) in [4.78, 5) is 16.4. The van der Waals surface area contributed by atoms with Crippen molar-refractivity contribution in [1.29, 1.82) is 0 Å². The molecule has 1 fully saturated rings. The standard InChI is InChI=1S/C16H21N3O/c1-12-4-6-14(7-5-12)19-16(20)15-8-10-18-11-13(15)3-2-9-17/h8,10-12,14H,4-7,9,17H2,1H3,(H,19,20). The molecule has 1 aliphatic rings. The van der Waals surface area contributed by atoms with Crippen molar-refractivity contribution in [3.8, 4) is 11.8 Å². The first kappa shape index (κ1) is 14.5. The van der Waals surface area contributed by atoms with Gasteiger partial charge in [0.05, 0.1) is 17.7 Å². The van der Waals surface area contributed by atoms with Crippen LogP contribution in [-0.4, -0.2) is 23.5 Å². The maximum absolute atomic E-state index is 12.3. The Morgan fingerprint density at radius 1 is 1.45 bits per heavy atom. The fourth-order valence-corrected chi connectivity index (χ4v) is 2.51. The highest BCUT2D eigenvalue weighted by Crippen LogP contribution is 2.23. The molecular weight excluding hydrogens is 250 g/mol. The predicted octanol–water partition coefficient (Wildman–Crippen LogP) is 1.70. The van der Waals surface area contributed by atoms with E-state index >= 15 is 0 Å². The third-order valence-corrected chi connectivity index (χ3v) is 3.74. The molecule has 0 aromatic carbocycles. The summed E-state index contributed by atoms with van der Waals surface area (Å²) < 4.78 is 0. The molecule has 3 N–H and O–H groups in total. The van der Waals surface area contributed by atoms with Gasteiger partial charge in [-0.2, -0.15) is 0 Å². The molecule has 0 aliphatic heterocycles. The molecule has 1 heterocycles. The molecule has 1 aliphatic carbocycles. The summed E-state index contributed by atoms with van der Waals surface area (Å²) in [6.07, 6.45) is 7.71. The van der Waals surface area contributed by atoms with E-state index in [2.05, 4.69) is 29.1 Å². The van der Waals surface area contributed by atoms with Crippen LogP contribution < -0.4 is 11.1 Å². The Morgan fingerprint density at radius 2 is 2.20 bits per heavy atom. The first-order chi connectivity index (χ1) is 9.70. The molecule has 1 aromatic heterocycles. The van der Waals surface area contributed by atoms with E-state index in [0.717, 1.165) is 18.8 Å². The maximum Gasteiger partial charge on any atom is 0.252 e. The molecule has 4 nitrogen and oxygen atoms in total. The number of aromatic nitrogens is 1. The smallest absolute Gasteiger partial charge is 0.252 e. The number of rotatable bonds is 2. The van der Waals surface area contributed by atoms with Gasteiger partial charge in [-0.3, -0.25) is 9.78 Å². The number of nitrogens with two attached hydrogens (primary N) is 1. The molecule has 4 heteroatoms. The summed E-state index contributed by atoms with van der Waals surface area (Å²) in [6, 6.07) is 1.99. The van der Waals surface area contributed by atoms with Gasteiger partial charge in [0, 0.05) is 18.4 Å². The zero-order valence-electron chi connectivity index (χ0n) is 11.9. The molecular formula is C16H21N3O. The van der Waals surface area contributed by atoms with Gasteiger partial charge in [0.1, 0.15) is 0 Å². The SMILES string of the molecule is CC1CCC(NC(=O)c2ccncc2C#CCN)CC1. The van der Waals surface area contributed by atoms with Crippen molar-refractivity contribution in [2.45, 2.75) is 38.6 Å². The number of hydrogen-bond donors (Lipinski definition) is 2. The van der Waals surface area contributed by atoms with E-state index in [-0.39, 0.29) is 18.5 Å². The average molecular weight is 271 g/mol. The van der Waals surface area contributed by atoms with Crippen LogP contribution in [0.1, 0.15) is 48.5 Å². The van der Waals surface area contributed by atoms with Crippen LogP contribution >= 0.6 is 0 Å². The molecule has 1 aromatic rings. The number of amides is 1. The van der Waals surface area contributed by atoms with Crippen LogP contribution in [0.15, 0.2) is 18.5 Å². The zero-order chi connectivity index (χ0) is 14.4. The van der Waals surface area contributed by atoms with E-state index in [4.69, 9.17) is 5.73 Å². The first-order valence-corrected chi connectivity index (χ1v) is 7.14. The monoisotopic (exact) mass is 271 g/mol. The van der Waals surface area contributed by atoms with E-state index in [0.29, 0.717) is 11.1 Å². The Kier molecular flexibility index (Phi) is 5.14. The summed E-state index contributed by atoms with van der Waals surface area (Å²) in [5, 5.41) is 3.11. The predicted molar refractivity (Wildman–Crippen MR) is 79.1 cm³/mol. The van der Waals surface area contributed by atoms with Gasteiger partial charge >= 0.3 is 0 Å². The third kappa shape index (κ3) is 3.82. The van der Waals surface area contributed by atoms with E-state index < -0.39 is 0 Å². The Labute approximate surface area is 120 Å². The van der Waals surface area contributed by atoms with E-state index in [1.54, 1.807) is 18.5 Å². The lowest BCUT2D eigenvalue weighted by atomic mass is 9.87. The van der Waals surface area contributed by atoms with Crippen LogP contribution in [0.5, 0.6) is 0 Å². The molecule has 0 spiro atoms. The van der Waals surface area contributed by atoms with Crippen molar-refractivity contribution in [1.82, 2.24) is 10.3 Å². The second kappa shape index (κ2) is 7.06. The van der Waals surface area contributed by atoms with Gasteiger partial charge in [0.2, 0.25) is 0 Å². The number of pyridine rings is 1. The summed E-state index contributed by atoms with van der Waals surface area (Å²) in [7, 11) is 0. The van der Waals surface area contributed by atoms with Crippen LogP contribution in [0.2, 0.25) is 0 Å². The van der Waals surface area contributed by atoms with E-state index in [1.165, 1.54) is 12.8 Å². The summed E-state index contributed by atoms with van der Waals surface area (Å²) in [5.74, 6) is 6.38. The van der Waals surface area contributed by atoms with Gasteiger partial charge in [-0.05, 0) is 37.7 Å². The minimum Gasteiger partial charge on any atom is -0.349 e. The lowest BCUT2D eigenvalue weighted by molar-refractivity contribution is 0.0922. The molecule has 1 saturated carbocycles. The highest BCUT2D eigenvalue weighted by Gasteiger charge is 2.21. The van der Waals surface area contributed by atoms with Crippen molar-refractivity contribution in [3.05, 3.63) is 29.6 Å². The van der Waals surface area contributed by atoms with Crippen molar-refractivity contribution >= 4 is 5.91 Å². The molecule has 106 valence electrons. The fraction of sp³-hybridized carbons (Fsp3) is 0.500. The van der Waals surface area contributed by atoms with Crippen LogP contribution in [-0.2, 0) is 0 Å². The van der Waals surface area contributed by atoms with Gasteiger partial charge < -0.3 is 11.1 Å². The van der Waals surface area contributed by atoms with Gasteiger partial charge in [0.15, 0.2) is 0 Å². The molecule has 1 amide bonds. The normalized spacial score (nSPS) is 21.7. The van der Waals surface area contributed by atoms with Crippen LogP contribution in [0, 0.1) is 17.8 Å². The van der Waals surface area contributed by atoms with Gasteiger partial charge in [-0.25, -0.2) is 0 Å². The maximum atomic E-state index is 12.3. The number of nitrogens with zero attached hydrogens (tertiary/aromatic N) is 1. The van der Waals surface area contributed by atoms with E-state index in [9.17, 15) is 4.79 Å². The average Bonchev–Trinajstić information content (AvgIpc) is 2.47.